The van der Waals surface area contributed by atoms with Crippen molar-refractivity contribution in [2.24, 2.45) is 45.3 Å². The van der Waals surface area contributed by atoms with Gasteiger partial charge in [0.15, 0.2) is 24.6 Å². The van der Waals surface area contributed by atoms with Crippen LogP contribution >= 0.6 is 22.7 Å². The van der Waals surface area contributed by atoms with Gasteiger partial charge in [-0.1, -0.05) is 6.92 Å². The fourth-order valence-electron chi connectivity index (χ4n) is 9.88. The molecule has 0 saturated carbocycles. The van der Waals surface area contributed by atoms with Gasteiger partial charge in [-0.25, -0.2) is 29.7 Å². The van der Waals surface area contributed by atoms with Gasteiger partial charge in [-0.2, -0.15) is 0 Å². The Morgan fingerprint density at radius 2 is 1.46 bits per heavy atom. The molecule has 4 aromatic rings. The Morgan fingerprint density at radius 3 is 2.09 bits per heavy atom. The van der Waals surface area contributed by atoms with Crippen molar-refractivity contribution in [2.45, 2.75) is 163 Å². The molecule has 0 bridgehead atoms. The van der Waals surface area contributed by atoms with Crippen molar-refractivity contribution in [1.29, 1.82) is 0 Å². The molecule has 0 unspecified atom stereocenters. The lowest BCUT2D eigenvalue weighted by atomic mass is 9.96. The predicted molar refractivity (Wildman–Crippen MR) is 340 cm³/mol. The number of aliphatic hydroxyl groups excluding tert-OH is 8. The third kappa shape index (κ3) is 21.1. The predicted octanol–water partition coefficient (Wildman–Crippen LogP) is -8.92. The van der Waals surface area contributed by atoms with E-state index in [2.05, 4.69) is 66.8 Å². The van der Waals surface area contributed by atoms with E-state index in [4.69, 9.17) is 63.8 Å². The van der Waals surface area contributed by atoms with E-state index in [9.17, 15) is 74.4 Å². The molecule has 19 atom stereocenters. The number of hydrogen-bond donors (Lipinski definition) is 22. The summed E-state index contributed by atoms with van der Waals surface area (Å²) in [5, 5.41) is 108. The van der Waals surface area contributed by atoms with Crippen LogP contribution in [0.25, 0.3) is 10.7 Å². The number of aromatic amines is 1. The molecule has 4 aromatic heterocycles. The fourth-order valence-corrected chi connectivity index (χ4v) is 11.5. The first kappa shape index (κ1) is 78.6. The summed E-state index contributed by atoms with van der Waals surface area (Å²) in [6, 6.07) is -7.89. The second-order valence-electron chi connectivity index (χ2n) is 22.8. The Balaban J connectivity index is 1.24. The van der Waals surface area contributed by atoms with E-state index in [-0.39, 0.29) is 60.0 Å². The Bertz CT molecular complexity index is 3380. The summed E-state index contributed by atoms with van der Waals surface area (Å²) in [5.41, 5.74) is 38.6. The largest absolute Gasteiger partial charge is 0.441 e. The van der Waals surface area contributed by atoms with Gasteiger partial charge in [0.25, 0.3) is 11.8 Å². The molecule has 2 aliphatic rings. The molecule has 43 heteroatoms. The first-order valence-corrected chi connectivity index (χ1v) is 32.1. The van der Waals surface area contributed by atoms with E-state index in [1.54, 1.807) is 10.8 Å². The van der Waals surface area contributed by atoms with E-state index in [0.29, 0.717) is 41.6 Å². The Morgan fingerprint density at radius 1 is 0.765 bits per heavy atom. The molecule has 0 spiro atoms. The number of ether oxygens (including phenoxy) is 5. The third-order valence-corrected chi connectivity index (χ3v) is 17.2. The van der Waals surface area contributed by atoms with E-state index in [1.165, 1.54) is 50.4 Å². The highest BCUT2D eigenvalue weighted by molar-refractivity contribution is 7.14. The van der Waals surface area contributed by atoms with Crippen LogP contribution in [0.15, 0.2) is 28.3 Å². The number of carbonyl (C=O) groups excluding carboxylic acids is 8. The molecule has 41 nitrogen and oxygen atoms in total. The summed E-state index contributed by atoms with van der Waals surface area (Å²) in [7, 11) is 0. The summed E-state index contributed by atoms with van der Waals surface area (Å²) >= 11 is 2.46. The maximum atomic E-state index is 15.2. The number of hydrogen-bond acceptors (Lipinski definition) is 32. The van der Waals surface area contributed by atoms with Crippen molar-refractivity contribution in [3.05, 3.63) is 56.8 Å². The average molecular weight is 1430 g/mol. The zero-order valence-corrected chi connectivity index (χ0v) is 54.9. The van der Waals surface area contributed by atoms with E-state index >= 15 is 4.79 Å². The van der Waals surface area contributed by atoms with Gasteiger partial charge in [-0.05, 0) is 33.6 Å². The van der Waals surface area contributed by atoms with Gasteiger partial charge in [0, 0.05) is 55.3 Å². The topological polar surface area (TPSA) is 691 Å². The number of anilines is 1. The fraction of sp³-hybridized carbons (Fsp3) is 0.600. The maximum absolute atomic E-state index is 15.2. The number of nitrogens with one attached hydrogen (secondary N) is 7. The monoisotopic (exact) mass is 1420 g/mol. The summed E-state index contributed by atoms with van der Waals surface area (Å²) in [6.07, 6.45) is -23.9. The number of nitrogens with zero attached hydrogens (tertiary/aromatic N) is 6. The number of imidazole rings is 1. The van der Waals surface area contributed by atoms with Crippen molar-refractivity contribution < 1.29 is 103 Å². The molecule has 542 valence electrons. The van der Waals surface area contributed by atoms with Gasteiger partial charge < -0.3 is 142 Å². The molecule has 2 fully saturated rings. The molecule has 98 heavy (non-hydrogen) atoms. The lowest BCUT2D eigenvalue weighted by Gasteiger charge is -2.47. The number of carbonyl (C=O) groups is 8. The quantitative estimate of drug-likeness (QED) is 0.0114. The van der Waals surface area contributed by atoms with E-state index in [0.717, 1.165) is 12.5 Å². The van der Waals surface area contributed by atoms with Crippen molar-refractivity contribution in [3.63, 3.8) is 0 Å². The van der Waals surface area contributed by atoms with Crippen molar-refractivity contribution >= 4 is 81.9 Å². The van der Waals surface area contributed by atoms with Gasteiger partial charge >= 0.3 is 6.09 Å². The molecule has 2 aliphatic heterocycles. The number of nitrogen functional groups attached to an aromatic ring is 1. The minimum atomic E-state index is -2.20. The first-order chi connectivity index (χ1) is 46.3. The van der Waals surface area contributed by atoms with Gasteiger partial charge in [0.1, 0.15) is 94.6 Å². The summed E-state index contributed by atoms with van der Waals surface area (Å²) in [6.45, 7) is 3.39. The molecular formula is C55H84N20O21S2. The molecule has 2 saturated heterocycles. The minimum absolute atomic E-state index is 0.0175. The zero-order chi connectivity index (χ0) is 72.4. The lowest BCUT2D eigenvalue weighted by molar-refractivity contribution is -0.372. The summed E-state index contributed by atoms with van der Waals surface area (Å²) in [5.74, 6) is -8.85. The molecule has 29 N–H and O–H groups in total. The number of unbranched alkanes of at least 4 members (excludes halogenated alkanes) is 1. The van der Waals surface area contributed by atoms with Crippen LogP contribution in [0.4, 0.5) is 10.6 Å². The molecule has 0 radical (unpaired) electrons. The molecule has 0 aromatic carbocycles. The van der Waals surface area contributed by atoms with Crippen LogP contribution < -0.4 is 72.0 Å². The second kappa shape index (κ2) is 36.5. The number of amides is 8. The molecule has 6 heterocycles. The van der Waals surface area contributed by atoms with Gasteiger partial charge in [-0.3, -0.25) is 38.6 Å². The summed E-state index contributed by atoms with van der Waals surface area (Å²) in [4.78, 5) is 135. The van der Waals surface area contributed by atoms with Crippen LogP contribution in [0, 0.1) is 12.8 Å². The number of aliphatic imine (C=N–C) groups is 1. The number of rotatable bonds is 36. The number of aliphatic hydroxyl groups is 8. The molecular weight excluding hydrogens is 1340 g/mol. The number of nitrogens with two attached hydrogens (primary N) is 7. The van der Waals surface area contributed by atoms with Crippen LogP contribution in [0.3, 0.4) is 0 Å². The lowest BCUT2D eigenvalue weighted by Crippen LogP contribution is -2.65. The van der Waals surface area contributed by atoms with Crippen molar-refractivity contribution in [2.75, 3.05) is 45.1 Å². The zero-order valence-electron chi connectivity index (χ0n) is 53.3. The Labute approximate surface area is 565 Å². The number of primary amides is 3. The number of H-pyrrole nitrogens is 1. The summed E-state index contributed by atoms with van der Waals surface area (Å²) < 4.78 is 28.7. The number of thiazole rings is 2. The van der Waals surface area contributed by atoms with Crippen LogP contribution in [0.2, 0.25) is 0 Å². The van der Waals surface area contributed by atoms with Crippen molar-refractivity contribution in [3.8, 4) is 10.7 Å². The third-order valence-electron chi connectivity index (χ3n) is 15.4. The highest BCUT2D eigenvalue weighted by Gasteiger charge is 2.54. The molecule has 6 rings (SSSR count). The maximum Gasteiger partial charge on any atom is 0.404 e. The van der Waals surface area contributed by atoms with Gasteiger partial charge in [-0.15, -0.1) is 22.7 Å². The molecule has 8 amide bonds. The number of aromatic nitrogens is 6. The SMILES string of the molecule is Cc1c(N)nc([C@H](CC(N)=O)NC[C@H](N)C(N)=O)nc1C(=O)N[C@H](C(=O)N[C@H](C)[C@@H](O)[C@H](C)C(=O)N[C@H](C(=O)NCCc1nc(-c2nc(C(=O)NCCCCN=C(N)N)cs2)cs1)[C@@H](C)O)[C@@H](O[C@@H]1O[C@@H](CO)[C@@H](O)[C@H](O)[C@H]1O[C@H]1O[C@H](CO)[C@@H](O)[C@H](OC(N)=O)[C@@H]1O)c1cnc[nH]1. The second-order valence-corrected chi connectivity index (χ2v) is 24.6. The van der Waals surface area contributed by atoms with E-state index < -0.39 is 183 Å². The Hall–Kier alpha value is -8.38. The average Bonchev–Trinajstić information content (AvgIpc) is 0.925. The smallest absolute Gasteiger partial charge is 0.404 e. The van der Waals surface area contributed by atoms with Gasteiger partial charge in [0.2, 0.25) is 29.5 Å². The van der Waals surface area contributed by atoms with Crippen LogP contribution in [-0.4, -0.2) is 261 Å². The minimum Gasteiger partial charge on any atom is -0.441 e. The molecule has 0 aliphatic carbocycles. The van der Waals surface area contributed by atoms with E-state index in [1.807, 2.05) is 0 Å². The Kier molecular flexibility index (Phi) is 29.2. The van der Waals surface area contributed by atoms with Crippen molar-refractivity contribution in [1.82, 2.24) is 61.8 Å². The number of guanidine groups is 1. The highest BCUT2D eigenvalue weighted by atomic mass is 32.1. The standard InChI is InChI=1S/C55H84N20O21S2/c1-19-32(72-45(75-43(19)58)24(11-30(57)79)67-12-23(56)44(59)85)49(89)74-34(40(25-13-63-18-68-25)94-53-42(38(83)36(81)28(14-76)93-53)95-52-39(84)41(96-55(62)91)37(82)29(15-77)92-52)50(90)69-21(3)35(80)20(2)46(86)73-33(22(4)78)48(88)65-10-7-31-70-27(17-97-31)51-71-26(16-98-51)47(87)64-8-5-6-9-66-54(60)61/h13,16-18,20-24,28-29,33-42,52-53,67,76-78,80-84H,5-12,14-15,56H2,1-4H3,(H2,57,79)(H2,59,85)(H2,62,91)(H,63,68)(H,64,87)(H,65,88)(H,69,90)(H,73,86)(H,74,89)(H2,58,72,75)(H4,60,61,66)/t20-,21+,22+,23-,24-,28-,29+,33-,34-,35-,36+,37+,38-,39-,40-,41-,42+,52+,53-/m0/s1. The van der Waals surface area contributed by atoms with Crippen LogP contribution in [-0.2, 0) is 54.1 Å². The van der Waals surface area contributed by atoms with Crippen LogP contribution in [0.5, 0.6) is 0 Å². The highest BCUT2D eigenvalue weighted by Crippen LogP contribution is 2.35. The normalized spacial score (nSPS) is 23.6. The van der Waals surface area contributed by atoms with Crippen LogP contribution in [0.1, 0.15) is 95.2 Å². The first-order valence-electron chi connectivity index (χ1n) is 30.4. The van der Waals surface area contributed by atoms with Gasteiger partial charge in [0.05, 0.1) is 72.7 Å².